The van der Waals surface area contributed by atoms with Gasteiger partial charge in [0.05, 0.1) is 21.2 Å². The minimum absolute atomic E-state index is 0.164. The zero-order valence-corrected chi connectivity index (χ0v) is 18.2. The van der Waals surface area contributed by atoms with Crippen LogP contribution in [0.15, 0.2) is 65.6 Å². The Kier molecular flexibility index (Phi) is 6.11. The van der Waals surface area contributed by atoms with Crippen LogP contribution in [-0.2, 0) is 16.2 Å². The molecule has 1 saturated heterocycles. The average molecular weight is 483 g/mol. The topological polar surface area (TPSA) is 66.4 Å². The van der Waals surface area contributed by atoms with Crippen LogP contribution in [0.5, 0.6) is 0 Å². The van der Waals surface area contributed by atoms with Gasteiger partial charge in [0.1, 0.15) is 0 Å². The van der Waals surface area contributed by atoms with Gasteiger partial charge in [0, 0.05) is 31.7 Å². The molecule has 2 aromatic carbocycles. The number of aromatic nitrogens is 2. The molecule has 2 heterocycles. The molecule has 4 rings (SSSR count). The van der Waals surface area contributed by atoms with Crippen molar-refractivity contribution in [3.8, 4) is 11.3 Å². The molecule has 0 saturated carbocycles. The Morgan fingerprint density at radius 3 is 2.06 bits per heavy atom. The smallest absolute Gasteiger partial charge is 0.352 e. The molecule has 1 aliphatic heterocycles. The third-order valence-electron chi connectivity index (χ3n) is 5.18. The van der Waals surface area contributed by atoms with E-state index < -0.39 is 21.8 Å². The van der Waals surface area contributed by atoms with Gasteiger partial charge in [-0.25, -0.2) is 8.42 Å². The number of benzene rings is 2. The van der Waals surface area contributed by atoms with Crippen molar-refractivity contribution < 1.29 is 21.6 Å². The highest BCUT2D eigenvalue weighted by Gasteiger charge is 2.32. The van der Waals surface area contributed by atoms with Crippen LogP contribution in [0, 0.1) is 0 Å². The SMILES string of the molecule is O=S(=O)(c1ccc(C(F)(F)F)cc1)N1CCN(c2ccc(-c3ccccc3Cl)nn2)CC1. The third-order valence-corrected chi connectivity index (χ3v) is 7.42. The number of alkyl halides is 3. The Balaban J connectivity index is 1.43. The van der Waals surface area contributed by atoms with Crippen molar-refractivity contribution in [2.45, 2.75) is 11.1 Å². The Hall–Kier alpha value is -2.69. The summed E-state index contributed by atoms with van der Waals surface area (Å²) in [4.78, 5) is 1.74. The lowest BCUT2D eigenvalue weighted by Gasteiger charge is -2.34. The maximum absolute atomic E-state index is 12.8. The summed E-state index contributed by atoms with van der Waals surface area (Å²) in [5, 5.41) is 9.04. The predicted octanol–water partition coefficient (Wildman–Crippen LogP) is 4.33. The van der Waals surface area contributed by atoms with E-state index in [-0.39, 0.29) is 18.0 Å². The molecule has 168 valence electrons. The molecule has 0 atom stereocenters. The second kappa shape index (κ2) is 8.68. The van der Waals surface area contributed by atoms with E-state index in [1.165, 1.54) is 4.31 Å². The van der Waals surface area contributed by atoms with Crippen LogP contribution in [0.1, 0.15) is 5.56 Å². The van der Waals surface area contributed by atoms with E-state index in [0.717, 1.165) is 29.8 Å². The quantitative estimate of drug-likeness (QED) is 0.554. The molecule has 0 amide bonds. The minimum Gasteiger partial charge on any atom is -0.352 e. The van der Waals surface area contributed by atoms with Crippen molar-refractivity contribution in [1.29, 1.82) is 0 Å². The summed E-state index contributed by atoms with van der Waals surface area (Å²) in [6.45, 7) is 1.11. The first kappa shape index (κ1) is 22.5. The fourth-order valence-corrected chi connectivity index (χ4v) is 5.08. The number of halogens is 4. The monoisotopic (exact) mass is 482 g/mol. The number of sulfonamides is 1. The van der Waals surface area contributed by atoms with Gasteiger partial charge in [0.2, 0.25) is 10.0 Å². The zero-order valence-electron chi connectivity index (χ0n) is 16.6. The maximum Gasteiger partial charge on any atom is 0.416 e. The van der Waals surface area contributed by atoms with Gasteiger partial charge in [-0.05, 0) is 42.5 Å². The average Bonchev–Trinajstić information content (AvgIpc) is 2.79. The highest BCUT2D eigenvalue weighted by molar-refractivity contribution is 7.89. The van der Waals surface area contributed by atoms with Gasteiger partial charge in [-0.3, -0.25) is 0 Å². The number of piperazine rings is 1. The van der Waals surface area contributed by atoms with Crippen molar-refractivity contribution in [2.75, 3.05) is 31.1 Å². The molecule has 0 aliphatic carbocycles. The van der Waals surface area contributed by atoms with Crippen LogP contribution in [0.4, 0.5) is 19.0 Å². The van der Waals surface area contributed by atoms with Gasteiger partial charge in [0.15, 0.2) is 5.82 Å². The van der Waals surface area contributed by atoms with Crippen molar-refractivity contribution >= 4 is 27.4 Å². The predicted molar refractivity (Wildman–Crippen MR) is 115 cm³/mol. The molecule has 1 aliphatic rings. The Bertz CT molecular complexity index is 1190. The number of hydrogen-bond donors (Lipinski definition) is 0. The van der Waals surface area contributed by atoms with Crippen molar-refractivity contribution in [3.63, 3.8) is 0 Å². The van der Waals surface area contributed by atoms with Gasteiger partial charge in [-0.15, -0.1) is 10.2 Å². The second-order valence-corrected chi connectivity index (χ2v) is 9.52. The molecular formula is C21H18ClF3N4O2S. The highest BCUT2D eigenvalue weighted by atomic mass is 35.5. The van der Waals surface area contributed by atoms with E-state index in [4.69, 9.17) is 11.6 Å². The lowest BCUT2D eigenvalue weighted by atomic mass is 10.1. The van der Waals surface area contributed by atoms with Crippen molar-refractivity contribution in [1.82, 2.24) is 14.5 Å². The fourth-order valence-electron chi connectivity index (χ4n) is 3.43. The first-order valence-electron chi connectivity index (χ1n) is 9.67. The zero-order chi connectivity index (χ0) is 22.9. The first-order valence-corrected chi connectivity index (χ1v) is 11.5. The van der Waals surface area contributed by atoms with Crippen LogP contribution in [-0.4, -0.2) is 49.1 Å². The van der Waals surface area contributed by atoms with E-state index in [1.807, 2.05) is 23.1 Å². The molecule has 1 fully saturated rings. The largest absolute Gasteiger partial charge is 0.416 e. The van der Waals surface area contributed by atoms with E-state index in [1.54, 1.807) is 18.2 Å². The van der Waals surface area contributed by atoms with E-state index in [0.29, 0.717) is 29.6 Å². The van der Waals surface area contributed by atoms with Gasteiger partial charge in [-0.1, -0.05) is 29.8 Å². The van der Waals surface area contributed by atoms with Gasteiger partial charge in [-0.2, -0.15) is 17.5 Å². The standard InChI is InChI=1S/C21H18ClF3N4O2S/c22-18-4-2-1-3-17(18)19-9-10-20(27-26-19)28-11-13-29(14-12-28)32(30,31)16-7-5-15(6-8-16)21(23,24)25/h1-10H,11-14H2. The summed E-state index contributed by atoms with van der Waals surface area (Å²) < 4.78 is 65.1. The Morgan fingerprint density at radius 1 is 0.844 bits per heavy atom. The normalized spacial score (nSPS) is 15.7. The molecule has 0 spiro atoms. The van der Waals surface area contributed by atoms with Gasteiger partial charge in [0.25, 0.3) is 0 Å². The lowest BCUT2D eigenvalue weighted by Crippen LogP contribution is -2.49. The summed E-state index contributed by atoms with van der Waals surface area (Å²) in [6.07, 6.45) is -4.52. The van der Waals surface area contributed by atoms with E-state index >= 15 is 0 Å². The Labute approximate surface area is 188 Å². The fraction of sp³-hybridized carbons (Fsp3) is 0.238. The third kappa shape index (κ3) is 4.57. The summed E-state index contributed by atoms with van der Waals surface area (Å²) in [7, 11) is -3.89. The second-order valence-electron chi connectivity index (χ2n) is 7.17. The molecule has 0 radical (unpaired) electrons. The molecule has 0 bridgehead atoms. The molecule has 32 heavy (non-hydrogen) atoms. The number of rotatable bonds is 4. The molecule has 6 nitrogen and oxygen atoms in total. The minimum atomic E-state index is -4.52. The summed E-state index contributed by atoms with van der Waals surface area (Å²) in [5.41, 5.74) is 0.503. The van der Waals surface area contributed by atoms with Crippen LogP contribution < -0.4 is 4.90 Å². The van der Waals surface area contributed by atoms with Crippen molar-refractivity contribution in [2.24, 2.45) is 0 Å². The maximum atomic E-state index is 12.8. The first-order chi connectivity index (χ1) is 15.2. The van der Waals surface area contributed by atoms with Crippen LogP contribution in [0.25, 0.3) is 11.3 Å². The number of anilines is 1. The summed E-state index contributed by atoms with van der Waals surface area (Å²) in [5.74, 6) is 0.604. The molecule has 11 heteroatoms. The number of nitrogens with zero attached hydrogens (tertiary/aromatic N) is 4. The Morgan fingerprint density at radius 2 is 1.50 bits per heavy atom. The van der Waals surface area contributed by atoms with E-state index in [9.17, 15) is 21.6 Å². The molecular weight excluding hydrogens is 465 g/mol. The molecule has 0 unspecified atom stereocenters. The van der Waals surface area contributed by atoms with Crippen LogP contribution >= 0.6 is 11.6 Å². The molecule has 3 aromatic rings. The van der Waals surface area contributed by atoms with Gasteiger partial charge < -0.3 is 4.90 Å². The lowest BCUT2D eigenvalue weighted by molar-refractivity contribution is -0.137. The van der Waals surface area contributed by atoms with Crippen LogP contribution in [0.3, 0.4) is 0 Å². The summed E-state index contributed by atoms with van der Waals surface area (Å²) >= 11 is 6.19. The highest BCUT2D eigenvalue weighted by Crippen LogP contribution is 2.31. The van der Waals surface area contributed by atoms with Gasteiger partial charge >= 0.3 is 6.18 Å². The molecule has 0 N–H and O–H groups in total. The molecule has 1 aromatic heterocycles. The van der Waals surface area contributed by atoms with E-state index in [2.05, 4.69) is 10.2 Å². The van der Waals surface area contributed by atoms with Crippen molar-refractivity contribution in [3.05, 3.63) is 71.2 Å². The summed E-state index contributed by atoms with van der Waals surface area (Å²) in [6, 6.07) is 14.4. The number of hydrogen-bond acceptors (Lipinski definition) is 5. The van der Waals surface area contributed by atoms with Crippen LogP contribution in [0.2, 0.25) is 5.02 Å².